The Bertz CT molecular complexity index is 144. The SMILES string of the molecule is FC(F)(F)S(F)(F)(F)(F)Cl. The molecule has 0 heterocycles. The van der Waals surface area contributed by atoms with Crippen molar-refractivity contribution in [3.8, 4) is 0 Å². The molecule has 0 fully saturated rings. The Kier molecular flexibility index (Phi) is 1.38. The fourth-order valence-corrected chi connectivity index (χ4v) is 0. The predicted octanol–water partition coefficient (Wildman–Crippen LogP) is 4.07. The van der Waals surface area contributed by atoms with Crippen LogP contribution in [0.1, 0.15) is 0 Å². The molecule has 0 aromatic carbocycles. The highest BCUT2D eigenvalue weighted by Gasteiger charge is 2.82. The first-order chi connectivity index (χ1) is 3.75. The van der Waals surface area contributed by atoms with Gasteiger partial charge in [0.2, 0.25) is 0 Å². The second-order valence-corrected chi connectivity index (χ2v) is 5.68. The Hall–Kier alpha value is 0.150. The molecule has 0 rings (SSSR count). The van der Waals surface area contributed by atoms with Gasteiger partial charge in [0.15, 0.2) is 0 Å². The van der Waals surface area contributed by atoms with Gasteiger partial charge in [-0.05, 0) is 0 Å². The third kappa shape index (κ3) is 1.82. The van der Waals surface area contributed by atoms with Gasteiger partial charge in [0.25, 0.3) is 0 Å². The van der Waals surface area contributed by atoms with Crippen LogP contribution < -0.4 is 0 Å². The lowest BCUT2D eigenvalue weighted by Gasteiger charge is -2.42. The van der Waals surface area contributed by atoms with Crippen LogP contribution in [0, 0.1) is 0 Å². The molecule has 10 heavy (non-hydrogen) atoms. The van der Waals surface area contributed by atoms with Gasteiger partial charge in [-0.1, -0.05) is 0 Å². The summed E-state index contributed by atoms with van der Waals surface area (Å²) in [5.41, 5.74) is -6.97. The molecule has 0 saturated heterocycles. The smallest absolute Gasteiger partial charge is 0.154 e. The van der Waals surface area contributed by atoms with Gasteiger partial charge in [0, 0.05) is 10.7 Å². The van der Waals surface area contributed by atoms with Crippen molar-refractivity contribution in [3.05, 3.63) is 0 Å². The lowest BCUT2D eigenvalue weighted by Crippen LogP contribution is -2.26. The minimum absolute atomic E-state index is 2.85. The van der Waals surface area contributed by atoms with Gasteiger partial charge in [-0.2, -0.15) is 13.2 Å². The van der Waals surface area contributed by atoms with E-state index in [-0.39, 0.29) is 0 Å². The Balaban J connectivity index is 5.14. The van der Waals surface area contributed by atoms with E-state index in [9.17, 15) is 28.7 Å². The maximum Gasteiger partial charge on any atom is 0.519 e. The van der Waals surface area contributed by atoms with Crippen LogP contribution in [0.2, 0.25) is 0 Å². The van der Waals surface area contributed by atoms with Gasteiger partial charge in [0.1, 0.15) is 0 Å². The quantitative estimate of drug-likeness (QED) is 0.531. The molecule has 0 radical (unpaired) electrons. The summed E-state index contributed by atoms with van der Waals surface area (Å²) >= 11 is 0. The van der Waals surface area contributed by atoms with Gasteiger partial charge in [0.05, 0.1) is 0 Å². The minimum atomic E-state index is -10.3. The van der Waals surface area contributed by atoms with E-state index in [0.29, 0.717) is 0 Å². The van der Waals surface area contributed by atoms with Crippen LogP contribution in [0.15, 0.2) is 0 Å². The first-order valence-electron chi connectivity index (χ1n) is 1.54. The van der Waals surface area contributed by atoms with Crippen LogP contribution in [0.4, 0.5) is 28.7 Å². The predicted molar refractivity (Wildman–Crippen MR) is 23.9 cm³/mol. The summed E-state index contributed by atoms with van der Waals surface area (Å²) in [7, 11) is -7.43. The molecule has 0 N–H and O–H groups in total. The first-order valence-corrected chi connectivity index (χ1v) is 4.42. The molecule has 9 heteroatoms. The normalized spacial score (nSPS) is 21.6. The molecule has 0 aliphatic rings. The van der Waals surface area contributed by atoms with Gasteiger partial charge in [-0.25, -0.2) is 0 Å². The van der Waals surface area contributed by atoms with Crippen LogP contribution in [0.25, 0.3) is 0 Å². The Morgan fingerprint density at radius 2 is 1.00 bits per heavy atom. The van der Waals surface area contributed by atoms with Gasteiger partial charge in [-0.15, -0.1) is 15.5 Å². The van der Waals surface area contributed by atoms with Crippen molar-refractivity contribution >= 4 is 19.7 Å². The molecule has 0 spiro atoms. The second kappa shape index (κ2) is 1.36. The minimum Gasteiger partial charge on any atom is -0.154 e. The van der Waals surface area contributed by atoms with E-state index in [2.05, 4.69) is 10.7 Å². The molecule has 0 atom stereocenters. The van der Waals surface area contributed by atoms with E-state index in [4.69, 9.17) is 0 Å². The molecule has 0 aliphatic carbocycles. The van der Waals surface area contributed by atoms with E-state index >= 15 is 0 Å². The summed E-state index contributed by atoms with van der Waals surface area (Å²) in [4.78, 5) is 0. The number of hydrogen-bond acceptors (Lipinski definition) is 0. The molecule has 0 amide bonds. The summed E-state index contributed by atoms with van der Waals surface area (Å²) in [6, 6.07) is 0. The molecule has 66 valence electrons. The van der Waals surface area contributed by atoms with Gasteiger partial charge >= 0.3 is 14.6 Å². The van der Waals surface area contributed by atoms with Crippen LogP contribution in [0.5, 0.6) is 0 Å². The summed E-state index contributed by atoms with van der Waals surface area (Å²) in [5.74, 6) is 0. The molecule has 0 saturated carbocycles. The van der Waals surface area contributed by atoms with Gasteiger partial charge in [-0.3, -0.25) is 0 Å². The van der Waals surface area contributed by atoms with E-state index in [0.717, 1.165) is 0 Å². The third-order valence-corrected chi connectivity index (χ3v) is 1.84. The number of halogens is 8. The van der Waals surface area contributed by atoms with Crippen molar-refractivity contribution in [2.45, 2.75) is 5.51 Å². The molecule has 0 bridgehead atoms. The first kappa shape index (κ1) is 10.2. The molecule has 0 nitrogen and oxygen atoms in total. The van der Waals surface area contributed by atoms with E-state index in [1.165, 1.54) is 0 Å². The molecule has 0 aromatic heterocycles. The van der Waals surface area contributed by atoms with Crippen molar-refractivity contribution in [2.75, 3.05) is 0 Å². The summed E-state index contributed by atoms with van der Waals surface area (Å²) in [6.07, 6.45) is 0. The molecule has 0 unspecified atom stereocenters. The number of hydrogen-bond donors (Lipinski definition) is 0. The van der Waals surface area contributed by atoms with Crippen LogP contribution in [-0.2, 0) is 0 Å². The third-order valence-electron chi connectivity index (χ3n) is 0.437. The fourth-order valence-electron chi connectivity index (χ4n) is 0. The topological polar surface area (TPSA) is 0 Å². The highest BCUT2D eigenvalue weighted by molar-refractivity contribution is 8.66. The Morgan fingerprint density at radius 1 is 0.900 bits per heavy atom. The van der Waals surface area contributed by atoms with Crippen molar-refractivity contribution in [3.63, 3.8) is 0 Å². The average molecular weight is 213 g/mol. The lowest BCUT2D eigenvalue weighted by atomic mass is 11.6. The van der Waals surface area contributed by atoms with Crippen molar-refractivity contribution < 1.29 is 28.7 Å². The zero-order valence-electron chi connectivity index (χ0n) is 3.93. The number of rotatable bonds is 0. The van der Waals surface area contributed by atoms with Crippen LogP contribution >= 0.6 is 19.7 Å². The summed E-state index contributed by atoms with van der Waals surface area (Å²) in [6.45, 7) is 0. The zero-order valence-corrected chi connectivity index (χ0v) is 5.50. The lowest BCUT2D eigenvalue weighted by molar-refractivity contribution is -0.0660. The van der Waals surface area contributed by atoms with E-state index in [1.807, 2.05) is 0 Å². The average Bonchev–Trinajstić information content (AvgIpc) is 1.16. The molecular formula is CClF7S. The largest absolute Gasteiger partial charge is 0.519 e. The maximum absolute atomic E-state index is 11.0. The summed E-state index contributed by atoms with van der Waals surface area (Å²) in [5, 5.41) is 0. The molecule has 0 aromatic rings. The molecule has 0 aliphatic heterocycles. The Morgan fingerprint density at radius 3 is 1.00 bits per heavy atom. The highest BCUT2D eigenvalue weighted by atomic mass is 35.7. The molecular weight excluding hydrogens is 213 g/mol. The van der Waals surface area contributed by atoms with E-state index < -0.39 is 14.6 Å². The van der Waals surface area contributed by atoms with Crippen molar-refractivity contribution in [1.82, 2.24) is 0 Å². The standard InChI is InChI=1S/CClF7S/c2-10(6,7,8,9)1(3,4)5. The fraction of sp³-hybridized carbons (Fsp3) is 1.00. The van der Waals surface area contributed by atoms with E-state index in [1.54, 1.807) is 0 Å². The monoisotopic (exact) mass is 212 g/mol. The van der Waals surface area contributed by atoms with Crippen molar-refractivity contribution in [2.24, 2.45) is 0 Å². The van der Waals surface area contributed by atoms with Crippen LogP contribution in [-0.4, -0.2) is 5.51 Å². The second-order valence-electron chi connectivity index (χ2n) is 1.41. The Labute approximate surface area is 54.9 Å². The van der Waals surface area contributed by atoms with Crippen molar-refractivity contribution in [1.29, 1.82) is 0 Å². The number of alkyl halides is 3. The zero-order chi connectivity index (χ0) is 8.91. The van der Waals surface area contributed by atoms with Gasteiger partial charge < -0.3 is 0 Å². The van der Waals surface area contributed by atoms with Crippen LogP contribution in [0.3, 0.4) is 0 Å². The summed E-state index contributed by atoms with van der Waals surface area (Å²) < 4.78 is 76.4. The maximum atomic E-state index is 11.0. The highest BCUT2D eigenvalue weighted by Crippen LogP contribution is 3.06.